The summed E-state index contributed by atoms with van der Waals surface area (Å²) in [5.41, 5.74) is 2.70. The van der Waals surface area contributed by atoms with Crippen molar-refractivity contribution < 1.29 is 14.0 Å². The molecule has 2 heterocycles. The van der Waals surface area contributed by atoms with Crippen LogP contribution in [0.2, 0.25) is 0 Å². The number of amides is 2. The van der Waals surface area contributed by atoms with Crippen molar-refractivity contribution in [1.29, 1.82) is 0 Å². The number of aromatic nitrogens is 4. The predicted octanol–water partition coefficient (Wildman–Crippen LogP) is 2.45. The first-order valence-corrected chi connectivity index (χ1v) is 11.7. The van der Waals surface area contributed by atoms with Gasteiger partial charge in [-0.25, -0.2) is 9.07 Å². The smallest absolute Gasteiger partial charge is 0.251 e. The number of tetrazole rings is 1. The number of rotatable bonds is 6. The standard InChI is InChI=1S/C25H30FN7O2/c1-16-5-6-23(24(26)9-16)20-10-21(12-22(11-20)33-15-27-29-30-33)25(35)28-17(2)13-31-7-8-32(19(4)34)18(3)14-31/h5-6,9-12,15,17-18H,7-8,13-14H2,1-4H3,(H,28,35)/t17-,18?/m1/s1. The van der Waals surface area contributed by atoms with Gasteiger partial charge in [-0.1, -0.05) is 12.1 Å². The van der Waals surface area contributed by atoms with E-state index in [1.165, 1.54) is 17.1 Å². The van der Waals surface area contributed by atoms with Crippen LogP contribution in [-0.2, 0) is 4.79 Å². The SMILES string of the molecule is CC(=O)N1CCN(C[C@@H](C)NC(=O)c2cc(-c3ccc(C)cc3F)cc(-n3cnnn3)c2)CC1C. The van der Waals surface area contributed by atoms with E-state index in [2.05, 4.69) is 25.7 Å². The lowest BCUT2D eigenvalue weighted by molar-refractivity contribution is -0.133. The van der Waals surface area contributed by atoms with E-state index >= 15 is 0 Å². The largest absolute Gasteiger partial charge is 0.348 e. The van der Waals surface area contributed by atoms with Crippen LogP contribution in [0.1, 0.15) is 36.7 Å². The first kappa shape index (κ1) is 24.5. The van der Waals surface area contributed by atoms with Crippen LogP contribution in [0, 0.1) is 12.7 Å². The molecule has 0 bridgehead atoms. The van der Waals surface area contributed by atoms with Gasteiger partial charge >= 0.3 is 0 Å². The zero-order valence-electron chi connectivity index (χ0n) is 20.4. The number of carbonyl (C=O) groups is 2. The van der Waals surface area contributed by atoms with E-state index in [1.807, 2.05) is 31.7 Å². The molecule has 1 aromatic heterocycles. The third-order valence-corrected chi connectivity index (χ3v) is 6.25. The fraction of sp³-hybridized carbons (Fsp3) is 0.400. The normalized spacial score (nSPS) is 17.3. The molecule has 0 aliphatic carbocycles. The first-order chi connectivity index (χ1) is 16.7. The van der Waals surface area contributed by atoms with Crippen LogP contribution in [0.5, 0.6) is 0 Å². The maximum atomic E-state index is 14.7. The van der Waals surface area contributed by atoms with Crippen molar-refractivity contribution in [3.8, 4) is 16.8 Å². The lowest BCUT2D eigenvalue weighted by Gasteiger charge is -2.40. The summed E-state index contributed by atoms with van der Waals surface area (Å²) in [6.45, 7) is 10.3. The minimum atomic E-state index is -0.364. The summed E-state index contributed by atoms with van der Waals surface area (Å²) in [6, 6.07) is 10.1. The molecule has 0 saturated carbocycles. The molecule has 0 radical (unpaired) electrons. The number of halogens is 1. The van der Waals surface area contributed by atoms with Crippen LogP contribution >= 0.6 is 0 Å². The Balaban J connectivity index is 1.53. The third-order valence-electron chi connectivity index (χ3n) is 6.25. The number of hydrogen-bond donors (Lipinski definition) is 1. The Morgan fingerprint density at radius 1 is 1.20 bits per heavy atom. The number of carbonyl (C=O) groups excluding carboxylic acids is 2. The van der Waals surface area contributed by atoms with Gasteiger partial charge in [0.2, 0.25) is 5.91 Å². The van der Waals surface area contributed by atoms with Crippen molar-refractivity contribution in [2.75, 3.05) is 26.2 Å². The first-order valence-electron chi connectivity index (χ1n) is 11.7. The van der Waals surface area contributed by atoms with Gasteiger partial charge in [0.15, 0.2) is 0 Å². The third kappa shape index (κ3) is 5.71. The molecule has 3 aromatic rings. The number of hydrogen-bond acceptors (Lipinski definition) is 6. The summed E-state index contributed by atoms with van der Waals surface area (Å²) in [6.07, 6.45) is 1.43. The maximum absolute atomic E-state index is 14.7. The molecule has 9 nitrogen and oxygen atoms in total. The van der Waals surface area contributed by atoms with Crippen molar-refractivity contribution in [2.24, 2.45) is 0 Å². The fourth-order valence-electron chi connectivity index (χ4n) is 4.57. The topological polar surface area (TPSA) is 96.2 Å². The summed E-state index contributed by atoms with van der Waals surface area (Å²) in [5.74, 6) is -0.546. The Labute approximate surface area is 203 Å². The number of nitrogens with zero attached hydrogens (tertiary/aromatic N) is 6. The second-order valence-corrected chi connectivity index (χ2v) is 9.20. The van der Waals surface area contributed by atoms with E-state index in [0.29, 0.717) is 35.5 Å². The van der Waals surface area contributed by atoms with Crippen LogP contribution < -0.4 is 5.32 Å². The van der Waals surface area contributed by atoms with E-state index < -0.39 is 0 Å². The van der Waals surface area contributed by atoms with Gasteiger partial charge in [-0.2, -0.15) is 0 Å². The second kappa shape index (κ2) is 10.3. The minimum Gasteiger partial charge on any atom is -0.348 e. The molecule has 0 spiro atoms. The van der Waals surface area contributed by atoms with Crippen LogP contribution in [-0.4, -0.2) is 80.1 Å². The van der Waals surface area contributed by atoms with Crippen LogP contribution in [0.4, 0.5) is 4.39 Å². The van der Waals surface area contributed by atoms with Crippen molar-refractivity contribution in [3.63, 3.8) is 0 Å². The van der Waals surface area contributed by atoms with Crippen LogP contribution in [0.3, 0.4) is 0 Å². The summed E-state index contributed by atoms with van der Waals surface area (Å²) < 4.78 is 16.2. The molecule has 1 aliphatic rings. The van der Waals surface area contributed by atoms with Gasteiger partial charge in [0.05, 0.1) is 5.69 Å². The summed E-state index contributed by atoms with van der Waals surface area (Å²) >= 11 is 0. The highest BCUT2D eigenvalue weighted by Gasteiger charge is 2.26. The molecule has 2 aromatic carbocycles. The number of benzene rings is 2. The average Bonchev–Trinajstić information content (AvgIpc) is 3.33. The Morgan fingerprint density at radius 2 is 2.00 bits per heavy atom. The number of aryl methyl sites for hydroxylation is 1. The van der Waals surface area contributed by atoms with E-state index in [0.717, 1.165) is 18.7 Å². The molecule has 1 N–H and O–H groups in total. The molecule has 4 rings (SSSR count). The van der Waals surface area contributed by atoms with Gasteiger partial charge in [0.1, 0.15) is 12.1 Å². The molecule has 2 amide bonds. The molecular formula is C25H30FN7O2. The van der Waals surface area contributed by atoms with Crippen LogP contribution in [0.25, 0.3) is 16.8 Å². The molecule has 1 fully saturated rings. The molecule has 10 heteroatoms. The fourth-order valence-corrected chi connectivity index (χ4v) is 4.57. The molecule has 1 saturated heterocycles. The van der Waals surface area contributed by atoms with Crippen LogP contribution in [0.15, 0.2) is 42.7 Å². The van der Waals surface area contributed by atoms with E-state index in [9.17, 15) is 14.0 Å². The van der Waals surface area contributed by atoms with E-state index in [-0.39, 0.29) is 29.7 Å². The Morgan fingerprint density at radius 3 is 2.66 bits per heavy atom. The van der Waals surface area contributed by atoms with Crippen molar-refractivity contribution in [2.45, 2.75) is 39.8 Å². The predicted molar refractivity (Wildman–Crippen MR) is 130 cm³/mol. The number of nitrogens with one attached hydrogen (secondary N) is 1. The summed E-state index contributed by atoms with van der Waals surface area (Å²) in [4.78, 5) is 29.1. The Kier molecular flexibility index (Phi) is 7.20. The van der Waals surface area contributed by atoms with Crippen molar-refractivity contribution in [3.05, 3.63) is 59.7 Å². The van der Waals surface area contributed by atoms with Gasteiger partial charge in [0, 0.05) is 56.3 Å². The zero-order valence-corrected chi connectivity index (χ0v) is 20.4. The lowest BCUT2D eigenvalue weighted by Crippen LogP contribution is -2.55. The summed E-state index contributed by atoms with van der Waals surface area (Å²) in [7, 11) is 0. The van der Waals surface area contributed by atoms with Gasteiger partial charge in [-0.05, 0) is 66.6 Å². The van der Waals surface area contributed by atoms with Crippen molar-refractivity contribution >= 4 is 11.8 Å². The molecule has 1 unspecified atom stereocenters. The zero-order chi connectivity index (χ0) is 25.1. The minimum absolute atomic E-state index is 0.0850. The Bertz CT molecular complexity index is 1210. The highest BCUT2D eigenvalue weighted by atomic mass is 19.1. The van der Waals surface area contributed by atoms with Crippen molar-refractivity contribution in [1.82, 2.24) is 35.3 Å². The molecule has 1 aliphatic heterocycles. The maximum Gasteiger partial charge on any atom is 0.251 e. The van der Waals surface area contributed by atoms with Gasteiger partial charge in [-0.3, -0.25) is 14.5 Å². The molecule has 184 valence electrons. The van der Waals surface area contributed by atoms with E-state index in [1.54, 1.807) is 31.2 Å². The molecule has 35 heavy (non-hydrogen) atoms. The van der Waals surface area contributed by atoms with E-state index in [4.69, 9.17) is 0 Å². The number of piperazine rings is 1. The highest BCUT2D eigenvalue weighted by molar-refractivity contribution is 5.96. The molecular weight excluding hydrogens is 449 g/mol. The monoisotopic (exact) mass is 479 g/mol. The highest BCUT2D eigenvalue weighted by Crippen LogP contribution is 2.27. The molecule has 2 atom stereocenters. The lowest BCUT2D eigenvalue weighted by atomic mass is 10.00. The second-order valence-electron chi connectivity index (χ2n) is 9.20. The Hall–Kier alpha value is -3.66. The van der Waals surface area contributed by atoms with Gasteiger partial charge in [0.25, 0.3) is 5.91 Å². The summed E-state index contributed by atoms with van der Waals surface area (Å²) in [5, 5.41) is 14.3. The van der Waals surface area contributed by atoms with Gasteiger partial charge < -0.3 is 10.2 Å². The average molecular weight is 480 g/mol. The quantitative estimate of drug-likeness (QED) is 0.584. The van der Waals surface area contributed by atoms with Gasteiger partial charge in [-0.15, -0.1) is 5.10 Å².